The minimum Gasteiger partial charge on any atom is -0.388 e. The summed E-state index contributed by atoms with van der Waals surface area (Å²) in [5, 5.41) is 12.4. The van der Waals surface area contributed by atoms with Crippen molar-refractivity contribution in [2.75, 3.05) is 31.2 Å². The number of para-hydroxylation sites is 1. The molecule has 0 aliphatic carbocycles. The first-order valence-corrected chi connectivity index (χ1v) is 12.7. The highest BCUT2D eigenvalue weighted by Crippen LogP contribution is 2.33. The molecule has 0 unspecified atom stereocenters. The standard InChI is InChI=1S/C22H31N5O4S/c1-3-13-32(29,30)26-11-9-22(28,10-12-26)15-27-18(14-31-4-2)25-19-20(27)16-7-5-6-8-17(16)24-21(19)23/h5-8,28H,3-4,9-15H2,1-2H3,(H2,23,24). The van der Waals surface area contributed by atoms with Gasteiger partial charge in [-0.3, -0.25) is 0 Å². The molecule has 0 amide bonds. The molecule has 0 radical (unpaired) electrons. The van der Waals surface area contributed by atoms with Crippen LogP contribution in [0.5, 0.6) is 0 Å². The Morgan fingerprint density at radius 1 is 1.19 bits per heavy atom. The number of piperidine rings is 1. The summed E-state index contributed by atoms with van der Waals surface area (Å²) in [6, 6.07) is 7.71. The number of benzene rings is 1. The third-order valence-electron chi connectivity index (χ3n) is 6.09. The lowest BCUT2D eigenvalue weighted by Crippen LogP contribution is -2.49. The molecule has 10 heteroatoms. The van der Waals surface area contributed by atoms with Gasteiger partial charge in [-0.1, -0.05) is 25.1 Å². The van der Waals surface area contributed by atoms with E-state index in [2.05, 4.69) is 4.98 Å². The molecule has 4 rings (SSSR count). The number of nitrogen functional groups attached to an aromatic ring is 1. The fraction of sp³-hybridized carbons (Fsp3) is 0.545. The first-order chi connectivity index (χ1) is 15.3. The van der Waals surface area contributed by atoms with Crippen molar-refractivity contribution < 1.29 is 18.3 Å². The van der Waals surface area contributed by atoms with Crippen LogP contribution in [0.3, 0.4) is 0 Å². The van der Waals surface area contributed by atoms with E-state index < -0.39 is 15.6 Å². The van der Waals surface area contributed by atoms with Crippen molar-refractivity contribution in [3.05, 3.63) is 30.1 Å². The fourth-order valence-electron chi connectivity index (χ4n) is 4.40. The molecule has 0 saturated carbocycles. The van der Waals surface area contributed by atoms with E-state index in [1.807, 2.05) is 42.7 Å². The van der Waals surface area contributed by atoms with Crippen molar-refractivity contribution >= 4 is 37.8 Å². The van der Waals surface area contributed by atoms with Crippen molar-refractivity contribution in [3.63, 3.8) is 0 Å². The molecule has 1 aliphatic rings. The minimum atomic E-state index is -3.28. The molecule has 3 N–H and O–H groups in total. The van der Waals surface area contributed by atoms with Gasteiger partial charge in [-0.25, -0.2) is 22.7 Å². The van der Waals surface area contributed by atoms with Gasteiger partial charge >= 0.3 is 0 Å². The molecule has 9 nitrogen and oxygen atoms in total. The van der Waals surface area contributed by atoms with Gasteiger partial charge in [0.2, 0.25) is 10.0 Å². The van der Waals surface area contributed by atoms with E-state index >= 15 is 0 Å². The molecule has 1 saturated heterocycles. The van der Waals surface area contributed by atoms with E-state index in [-0.39, 0.29) is 18.9 Å². The Hall–Kier alpha value is -2.27. The third-order valence-corrected chi connectivity index (χ3v) is 8.16. The van der Waals surface area contributed by atoms with Gasteiger partial charge in [-0.2, -0.15) is 0 Å². The first-order valence-electron chi connectivity index (χ1n) is 11.1. The van der Waals surface area contributed by atoms with Gasteiger partial charge in [0.15, 0.2) is 5.82 Å². The number of anilines is 1. The summed E-state index contributed by atoms with van der Waals surface area (Å²) in [5.41, 5.74) is 7.33. The highest BCUT2D eigenvalue weighted by molar-refractivity contribution is 7.89. The molecule has 1 aliphatic heterocycles. The lowest BCUT2D eigenvalue weighted by Gasteiger charge is -2.38. The molecule has 3 heterocycles. The minimum absolute atomic E-state index is 0.133. The van der Waals surface area contributed by atoms with Crippen molar-refractivity contribution in [1.82, 2.24) is 18.8 Å². The van der Waals surface area contributed by atoms with Crippen LogP contribution >= 0.6 is 0 Å². The first kappa shape index (κ1) is 22.9. The molecule has 174 valence electrons. The van der Waals surface area contributed by atoms with Gasteiger partial charge in [-0.15, -0.1) is 0 Å². The number of aliphatic hydroxyl groups is 1. The van der Waals surface area contributed by atoms with E-state index in [0.717, 1.165) is 16.4 Å². The smallest absolute Gasteiger partial charge is 0.214 e. The van der Waals surface area contributed by atoms with Gasteiger partial charge in [-0.05, 0) is 32.3 Å². The number of sulfonamides is 1. The summed E-state index contributed by atoms with van der Waals surface area (Å²) in [7, 11) is -3.28. The zero-order chi connectivity index (χ0) is 22.9. The highest BCUT2D eigenvalue weighted by Gasteiger charge is 2.37. The van der Waals surface area contributed by atoms with E-state index in [1.54, 1.807) is 0 Å². The van der Waals surface area contributed by atoms with E-state index in [1.165, 1.54) is 4.31 Å². The largest absolute Gasteiger partial charge is 0.388 e. The summed E-state index contributed by atoms with van der Waals surface area (Å²) >= 11 is 0. The van der Waals surface area contributed by atoms with Crippen molar-refractivity contribution in [2.24, 2.45) is 0 Å². The Kier molecular flexibility index (Phi) is 6.39. The van der Waals surface area contributed by atoms with Gasteiger partial charge < -0.3 is 20.1 Å². The summed E-state index contributed by atoms with van der Waals surface area (Å²) in [6.45, 7) is 5.47. The van der Waals surface area contributed by atoms with Crippen LogP contribution in [0.2, 0.25) is 0 Å². The Morgan fingerprint density at radius 3 is 2.59 bits per heavy atom. The van der Waals surface area contributed by atoms with E-state index in [0.29, 0.717) is 56.1 Å². The summed E-state index contributed by atoms with van der Waals surface area (Å²) < 4.78 is 34.0. The number of pyridine rings is 1. The van der Waals surface area contributed by atoms with Crippen molar-refractivity contribution in [3.8, 4) is 0 Å². The number of rotatable bonds is 8. The number of hydrogen-bond acceptors (Lipinski definition) is 7. The maximum atomic E-state index is 12.4. The molecule has 1 fully saturated rings. The van der Waals surface area contributed by atoms with Crippen LogP contribution in [-0.2, 0) is 27.9 Å². The molecule has 0 bridgehead atoms. The fourth-order valence-corrected chi connectivity index (χ4v) is 5.91. The average molecular weight is 462 g/mol. The highest BCUT2D eigenvalue weighted by atomic mass is 32.2. The molecular weight excluding hydrogens is 430 g/mol. The molecule has 0 spiro atoms. The van der Waals surface area contributed by atoms with Gasteiger partial charge in [0.1, 0.15) is 17.9 Å². The number of imidazole rings is 1. The SMILES string of the molecule is CCCS(=O)(=O)N1CCC(O)(Cn2c(COCC)nc3c(N)nc4ccccc4c32)CC1. The van der Waals surface area contributed by atoms with Crippen LogP contribution in [0.1, 0.15) is 38.9 Å². The summed E-state index contributed by atoms with van der Waals surface area (Å²) in [6.07, 6.45) is 1.28. The quantitative estimate of drug-likeness (QED) is 0.527. The topological polar surface area (TPSA) is 124 Å². The lowest BCUT2D eigenvalue weighted by atomic mass is 9.92. The van der Waals surface area contributed by atoms with Gasteiger partial charge in [0.05, 0.1) is 28.9 Å². The lowest BCUT2D eigenvalue weighted by molar-refractivity contribution is -0.0201. The average Bonchev–Trinajstić information content (AvgIpc) is 3.11. The van der Waals surface area contributed by atoms with E-state index in [9.17, 15) is 13.5 Å². The van der Waals surface area contributed by atoms with Crippen molar-refractivity contribution in [2.45, 2.75) is 51.9 Å². The van der Waals surface area contributed by atoms with Crippen LogP contribution < -0.4 is 5.73 Å². The molecule has 3 aromatic rings. The van der Waals surface area contributed by atoms with Crippen LogP contribution in [0.15, 0.2) is 24.3 Å². The van der Waals surface area contributed by atoms with E-state index in [4.69, 9.17) is 15.5 Å². The zero-order valence-corrected chi connectivity index (χ0v) is 19.4. The van der Waals surface area contributed by atoms with Crippen LogP contribution in [0.4, 0.5) is 5.82 Å². The predicted octanol–water partition coefficient (Wildman–Crippen LogP) is 2.27. The third kappa shape index (κ3) is 4.32. The predicted molar refractivity (Wildman–Crippen MR) is 125 cm³/mol. The molecule has 1 aromatic carbocycles. The number of fused-ring (bicyclic) bond motifs is 3. The normalized spacial score (nSPS) is 17.3. The maximum absolute atomic E-state index is 12.4. The number of hydrogen-bond donors (Lipinski definition) is 2. The van der Waals surface area contributed by atoms with Crippen molar-refractivity contribution in [1.29, 1.82) is 0 Å². The van der Waals surface area contributed by atoms with Crippen LogP contribution in [0, 0.1) is 0 Å². The summed E-state index contributed by atoms with van der Waals surface area (Å²) in [4.78, 5) is 9.19. The van der Waals surface area contributed by atoms with Crippen LogP contribution in [0.25, 0.3) is 21.9 Å². The summed E-state index contributed by atoms with van der Waals surface area (Å²) in [5.74, 6) is 1.14. The molecule has 0 atom stereocenters. The Labute approximate surface area is 188 Å². The maximum Gasteiger partial charge on any atom is 0.214 e. The Balaban J connectivity index is 1.72. The molecule has 32 heavy (non-hydrogen) atoms. The number of ether oxygens (including phenoxy) is 1. The molecular formula is C22H31N5O4S. The zero-order valence-electron chi connectivity index (χ0n) is 18.6. The number of nitrogens with zero attached hydrogens (tertiary/aromatic N) is 4. The Bertz CT molecular complexity index is 1220. The second kappa shape index (κ2) is 8.93. The van der Waals surface area contributed by atoms with Crippen LogP contribution in [-0.4, -0.2) is 63.4 Å². The second-order valence-corrected chi connectivity index (χ2v) is 10.5. The second-order valence-electron chi connectivity index (χ2n) is 8.40. The molecule has 2 aromatic heterocycles. The Morgan fingerprint density at radius 2 is 1.91 bits per heavy atom. The number of nitrogens with two attached hydrogens (primary N) is 1. The van der Waals surface area contributed by atoms with Gasteiger partial charge in [0, 0.05) is 25.1 Å². The van der Waals surface area contributed by atoms with Gasteiger partial charge in [0.25, 0.3) is 0 Å². The number of aromatic nitrogens is 3. The monoisotopic (exact) mass is 461 g/mol.